The number of nitrogens with one attached hydrogen (secondary N) is 1. The monoisotopic (exact) mass is 266 g/mol. The summed E-state index contributed by atoms with van der Waals surface area (Å²) in [6.07, 6.45) is 4.74. The topological polar surface area (TPSA) is 69.6 Å². The van der Waals surface area contributed by atoms with Gasteiger partial charge in [-0.3, -0.25) is 9.59 Å². The minimum absolute atomic E-state index is 0.169. The number of aliphatic carboxylic acids is 1. The molecular weight excluding hydrogens is 244 g/mol. The van der Waals surface area contributed by atoms with E-state index in [1.807, 2.05) is 4.90 Å². The number of carbonyl (C=O) groups excluding carboxylic acids is 1. The first-order valence-electron chi connectivity index (χ1n) is 7.35. The van der Waals surface area contributed by atoms with Gasteiger partial charge in [0.15, 0.2) is 0 Å². The lowest BCUT2D eigenvalue weighted by Gasteiger charge is -2.32. The van der Waals surface area contributed by atoms with Gasteiger partial charge in [0.1, 0.15) is 0 Å². The molecule has 2 atom stereocenters. The van der Waals surface area contributed by atoms with Crippen LogP contribution in [-0.4, -0.2) is 48.1 Å². The van der Waals surface area contributed by atoms with Crippen molar-refractivity contribution in [2.24, 2.45) is 17.3 Å². The summed E-state index contributed by atoms with van der Waals surface area (Å²) in [5, 5.41) is 12.4. The highest BCUT2D eigenvalue weighted by Crippen LogP contribution is 2.59. The molecule has 0 aromatic carbocycles. The molecule has 5 heteroatoms. The molecule has 5 nitrogen and oxygen atoms in total. The number of carboxylic acids is 1. The maximum absolute atomic E-state index is 12.5. The van der Waals surface area contributed by atoms with E-state index in [9.17, 15) is 9.59 Å². The number of amides is 1. The Balaban J connectivity index is 1.60. The van der Waals surface area contributed by atoms with Gasteiger partial charge in [-0.05, 0) is 50.6 Å². The molecule has 3 aliphatic rings. The molecule has 1 aliphatic carbocycles. The van der Waals surface area contributed by atoms with E-state index < -0.39 is 5.97 Å². The third-order valence-electron chi connectivity index (χ3n) is 5.17. The van der Waals surface area contributed by atoms with E-state index in [2.05, 4.69) is 5.32 Å². The van der Waals surface area contributed by atoms with Crippen LogP contribution in [0.2, 0.25) is 0 Å². The summed E-state index contributed by atoms with van der Waals surface area (Å²) < 4.78 is 0. The van der Waals surface area contributed by atoms with E-state index >= 15 is 0 Å². The molecule has 0 bridgehead atoms. The molecule has 2 N–H and O–H groups in total. The third-order valence-corrected chi connectivity index (χ3v) is 5.17. The summed E-state index contributed by atoms with van der Waals surface area (Å²) in [5.74, 6) is -0.736. The molecule has 3 fully saturated rings. The number of piperidine rings is 2. The Morgan fingerprint density at radius 2 is 2.00 bits per heavy atom. The molecule has 19 heavy (non-hydrogen) atoms. The van der Waals surface area contributed by atoms with Crippen molar-refractivity contribution in [1.82, 2.24) is 10.2 Å². The Kier molecular flexibility index (Phi) is 3.25. The van der Waals surface area contributed by atoms with Crippen molar-refractivity contribution < 1.29 is 14.7 Å². The van der Waals surface area contributed by atoms with Crippen LogP contribution in [0.5, 0.6) is 0 Å². The molecule has 1 spiro atoms. The normalized spacial score (nSPS) is 33.2. The second kappa shape index (κ2) is 4.78. The highest BCUT2D eigenvalue weighted by Gasteiger charge is 2.58. The van der Waals surface area contributed by atoms with Crippen LogP contribution in [0, 0.1) is 17.3 Å². The van der Waals surface area contributed by atoms with E-state index in [4.69, 9.17) is 5.11 Å². The molecule has 2 saturated heterocycles. The van der Waals surface area contributed by atoms with Gasteiger partial charge < -0.3 is 15.3 Å². The van der Waals surface area contributed by atoms with Crippen molar-refractivity contribution in [3.05, 3.63) is 0 Å². The predicted molar refractivity (Wildman–Crippen MR) is 69.6 cm³/mol. The van der Waals surface area contributed by atoms with Crippen molar-refractivity contribution in [1.29, 1.82) is 0 Å². The predicted octanol–water partition coefficient (Wildman–Crippen LogP) is 0.699. The average Bonchev–Trinajstić information content (AvgIpc) is 3.12. The number of nitrogens with zero attached hydrogens (tertiary/aromatic N) is 1. The van der Waals surface area contributed by atoms with Crippen molar-refractivity contribution in [2.75, 3.05) is 26.2 Å². The lowest BCUT2D eigenvalue weighted by molar-refractivity contribution is -0.146. The second-order valence-electron chi connectivity index (χ2n) is 6.33. The first kappa shape index (κ1) is 12.9. The van der Waals surface area contributed by atoms with Crippen LogP contribution in [0.25, 0.3) is 0 Å². The van der Waals surface area contributed by atoms with Gasteiger partial charge in [0.2, 0.25) is 5.91 Å². The van der Waals surface area contributed by atoms with E-state index in [1.165, 1.54) is 0 Å². The van der Waals surface area contributed by atoms with Crippen LogP contribution in [0.1, 0.15) is 32.1 Å². The fraction of sp³-hybridized carbons (Fsp3) is 0.857. The summed E-state index contributed by atoms with van der Waals surface area (Å²) >= 11 is 0. The molecule has 0 radical (unpaired) electrons. The van der Waals surface area contributed by atoms with Gasteiger partial charge in [0.25, 0.3) is 0 Å². The standard InChI is InChI=1S/C14H22N2O3/c17-12(11-8-14(11)3-5-15-6-4-14)16-7-1-2-10(9-16)13(18)19/h10-11,15H,1-9H2,(H,18,19)/t10-,11?/m1/s1. The van der Waals surface area contributed by atoms with Crippen LogP contribution >= 0.6 is 0 Å². The van der Waals surface area contributed by atoms with Crippen LogP contribution in [0.3, 0.4) is 0 Å². The molecule has 1 saturated carbocycles. The van der Waals surface area contributed by atoms with Crippen molar-refractivity contribution in [3.8, 4) is 0 Å². The van der Waals surface area contributed by atoms with Crippen molar-refractivity contribution in [2.45, 2.75) is 32.1 Å². The molecule has 2 aliphatic heterocycles. The van der Waals surface area contributed by atoms with E-state index in [1.54, 1.807) is 0 Å². The molecular formula is C14H22N2O3. The molecule has 1 amide bonds. The largest absolute Gasteiger partial charge is 0.481 e. The molecule has 3 rings (SSSR count). The SMILES string of the molecule is O=C(O)[C@@H]1CCCN(C(=O)C2CC23CCNCC3)C1. The summed E-state index contributed by atoms with van der Waals surface area (Å²) in [4.78, 5) is 25.4. The van der Waals surface area contributed by atoms with Gasteiger partial charge in [-0.2, -0.15) is 0 Å². The highest BCUT2D eigenvalue weighted by atomic mass is 16.4. The average molecular weight is 266 g/mol. The molecule has 0 aromatic rings. The fourth-order valence-electron chi connectivity index (χ4n) is 3.77. The van der Waals surface area contributed by atoms with Gasteiger partial charge in [-0.1, -0.05) is 0 Å². The Bertz CT molecular complexity index is 390. The molecule has 2 heterocycles. The van der Waals surface area contributed by atoms with E-state index in [0.717, 1.165) is 45.3 Å². The maximum atomic E-state index is 12.5. The van der Waals surface area contributed by atoms with E-state index in [0.29, 0.717) is 13.0 Å². The van der Waals surface area contributed by atoms with Crippen LogP contribution < -0.4 is 5.32 Å². The number of likely N-dealkylation sites (tertiary alicyclic amines) is 1. The summed E-state index contributed by atoms with van der Waals surface area (Å²) in [6.45, 7) is 3.19. The first-order valence-corrected chi connectivity index (χ1v) is 7.35. The Morgan fingerprint density at radius 3 is 2.68 bits per heavy atom. The number of carboxylic acid groups (broad SMARTS) is 1. The van der Waals surface area contributed by atoms with Crippen molar-refractivity contribution >= 4 is 11.9 Å². The fourth-order valence-corrected chi connectivity index (χ4v) is 3.77. The Morgan fingerprint density at radius 1 is 1.26 bits per heavy atom. The van der Waals surface area contributed by atoms with Crippen LogP contribution in [0.15, 0.2) is 0 Å². The molecule has 106 valence electrons. The number of rotatable bonds is 2. The zero-order valence-electron chi connectivity index (χ0n) is 11.2. The minimum atomic E-state index is -0.759. The van der Waals surface area contributed by atoms with E-state index in [-0.39, 0.29) is 23.2 Å². The highest BCUT2D eigenvalue weighted by molar-refractivity contribution is 5.83. The zero-order chi connectivity index (χ0) is 13.5. The lowest BCUT2D eigenvalue weighted by atomic mass is 9.91. The van der Waals surface area contributed by atoms with Gasteiger partial charge in [-0.15, -0.1) is 0 Å². The smallest absolute Gasteiger partial charge is 0.308 e. The number of carbonyl (C=O) groups is 2. The number of hydrogen-bond donors (Lipinski definition) is 2. The summed E-state index contributed by atoms with van der Waals surface area (Å²) in [6, 6.07) is 0. The molecule has 1 unspecified atom stereocenters. The minimum Gasteiger partial charge on any atom is -0.481 e. The van der Waals surface area contributed by atoms with Gasteiger partial charge >= 0.3 is 5.97 Å². The Hall–Kier alpha value is -1.10. The zero-order valence-corrected chi connectivity index (χ0v) is 11.2. The third kappa shape index (κ3) is 2.36. The molecule has 0 aromatic heterocycles. The number of hydrogen-bond acceptors (Lipinski definition) is 3. The Labute approximate surface area is 113 Å². The maximum Gasteiger partial charge on any atom is 0.308 e. The first-order chi connectivity index (χ1) is 9.12. The van der Waals surface area contributed by atoms with Crippen LogP contribution in [0.4, 0.5) is 0 Å². The summed E-state index contributed by atoms with van der Waals surface area (Å²) in [5.41, 5.74) is 0.249. The van der Waals surface area contributed by atoms with Gasteiger partial charge in [-0.25, -0.2) is 0 Å². The van der Waals surface area contributed by atoms with Crippen molar-refractivity contribution in [3.63, 3.8) is 0 Å². The second-order valence-corrected chi connectivity index (χ2v) is 6.33. The van der Waals surface area contributed by atoms with Crippen LogP contribution in [-0.2, 0) is 9.59 Å². The van der Waals surface area contributed by atoms with Gasteiger partial charge in [0.05, 0.1) is 5.92 Å². The van der Waals surface area contributed by atoms with Gasteiger partial charge in [0, 0.05) is 19.0 Å². The quantitative estimate of drug-likeness (QED) is 0.772. The summed E-state index contributed by atoms with van der Waals surface area (Å²) in [7, 11) is 0. The lowest BCUT2D eigenvalue weighted by Crippen LogP contribution is -2.44.